The SMILES string of the molecule is CCC1CCCCN1c1ccc(C(=O)NC2CC2)nc1. The van der Waals surface area contributed by atoms with E-state index >= 15 is 0 Å². The van der Waals surface area contributed by atoms with Gasteiger partial charge < -0.3 is 10.2 Å². The van der Waals surface area contributed by atoms with Gasteiger partial charge in [-0.2, -0.15) is 0 Å². The topological polar surface area (TPSA) is 45.2 Å². The van der Waals surface area contributed by atoms with Crippen molar-refractivity contribution in [1.29, 1.82) is 0 Å². The van der Waals surface area contributed by atoms with Crippen LogP contribution in [-0.4, -0.2) is 29.5 Å². The molecule has 1 amide bonds. The summed E-state index contributed by atoms with van der Waals surface area (Å²) < 4.78 is 0. The van der Waals surface area contributed by atoms with Crippen LogP contribution in [-0.2, 0) is 0 Å². The Kier molecular flexibility index (Phi) is 3.90. The van der Waals surface area contributed by atoms with Crippen LogP contribution in [0.25, 0.3) is 0 Å². The molecule has 2 heterocycles. The monoisotopic (exact) mass is 273 g/mol. The lowest BCUT2D eigenvalue weighted by atomic mass is 9.99. The van der Waals surface area contributed by atoms with E-state index < -0.39 is 0 Å². The van der Waals surface area contributed by atoms with E-state index in [1.807, 2.05) is 18.3 Å². The molecular weight excluding hydrogens is 250 g/mol. The number of amides is 1. The van der Waals surface area contributed by atoms with Gasteiger partial charge in [-0.1, -0.05) is 6.92 Å². The zero-order valence-electron chi connectivity index (χ0n) is 12.1. The van der Waals surface area contributed by atoms with Crippen molar-refractivity contribution in [3.63, 3.8) is 0 Å². The second-order valence-corrected chi connectivity index (χ2v) is 5.90. The van der Waals surface area contributed by atoms with Gasteiger partial charge in [-0.25, -0.2) is 4.98 Å². The van der Waals surface area contributed by atoms with E-state index in [0.29, 0.717) is 17.8 Å². The number of pyridine rings is 1. The maximum absolute atomic E-state index is 11.9. The van der Waals surface area contributed by atoms with Crippen LogP contribution in [0.2, 0.25) is 0 Å². The fourth-order valence-electron chi connectivity index (χ4n) is 2.94. The van der Waals surface area contributed by atoms with E-state index in [-0.39, 0.29) is 5.91 Å². The first kappa shape index (κ1) is 13.4. The van der Waals surface area contributed by atoms with Gasteiger partial charge in [-0.3, -0.25) is 4.79 Å². The maximum atomic E-state index is 11.9. The summed E-state index contributed by atoms with van der Waals surface area (Å²) in [7, 11) is 0. The molecule has 1 saturated heterocycles. The Hall–Kier alpha value is -1.58. The second-order valence-electron chi connectivity index (χ2n) is 5.90. The number of carbonyl (C=O) groups is 1. The van der Waals surface area contributed by atoms with Crippen molar-refractivity contribution in [3.05, 3.63) is 24.0 Å². The van der Waals surface area contributed by atoms with Gasteiger partial charge in [0.2, 0.25) is 0 Å². The van der Waals surface area contributed by atoms with Gasteiger partial charge in [0.05, 0.1) is 11.9 Å². The van der Waals surface area contributed by atoms with Gasteiger partial charge in [0.1, 0.15) is 5.69 Å². The number of anilines is 1. The van der Waals surface area contributed by atoms with Crippen molar-refractivity contribution < 1.29 is 4.79 Å². The van der Waals surface area contributed by atoms with Crippen molar-refractivity contribution in [2.75, 3.05) is 11.4 Å². The van der Waals surface area contributed by atoms with Gasteiger partial charge in [0, 0.05) is 18.6 Å². The number of piperidine rings is 1. The molecule has 0 radical (unpaired) electrons. The fraction of sp³-hybridized carbons (Fsp3) is 0.625. The van der Waals surface area contributed by atoms with Crippen molar-refractivity contribution in [1.82, 2.24) is 10.3 Å². The van der Waals surface area contributed by atoms with E-state index in [0.717, 1.165) is 25.1 Å². The third-order valence-electron chi connectivity index (χ3n) is 4.32. The van der Waals surface area contributed by atoms with Crippen LogP contribution in [0.15, 0.2) is 18.3 Å². The Labute approximate surface area is 120 Å². The van der Waals surface area contributed by atoms with Crippen LogP contribution in [0, 0.1) is 0 Å². The molecule has 108 valence electrons. The smallest absolute Gasteiger partial charge is 0.270 e. The molecule has 1 aliphatic heterocycles. The first-order chi connectivity index (χ1) is 9.78. The Morgan fingerprint density at radius 3 is 2.85 bits per heavy atom. The Morgan fingerprint density at radius 1 is 1.35 bits per heavy atom. The molecule has 4 heteroatoms. The summed E-state index contributed by atoms with van der Waals surface area (Å²) in [5.41, 5.74) is 1.69. The van der Waals surface area contributed by atoms with Gasteiger partial charge in [-0.05, 0) is 50.7 Å². The lowest BCUT2D eigenvalue weighted by Crippen LogP contribution is -2.39. The first-order valence-corrected chi connectivity index (χ1v) is 7.81. The van der Waals surface area contributed by atoms with Gasteiger partial charge in [-0.15, -0.1) is 0 Å². The third-order valence-corrected chi connectivity index (χ3v) is 4.32. The lowest BCUT2D eigenvalue weighted by Gasteiger charge is -2.37. The van der Waals surface area contributed by atoms with Crippen molar-refractivity contribution in [3.8, 4) is 0 Å². The first-order valence-electron chi connectivity index (χ1n) is 7.81. The zero-order valence-corrected chi connectivity index (χ0v) is 12.1. The molecule has 1 aromatic heterocycles. The van der Waals surface area contributed by atoms with Crippen LogP contribution in [0.4, 0.5) is 5.69 Å². The minimum Gasteiger partial charge on any atom is -0.367 e. The van der Waals surface area contributed by atoms with Crippen LogP contribution < -0.4 is 10.2 Å². The van der Waals surface area contributed by atoms with Crippen molar-refractivity contribution >= 4 is 11.6 Å². The van der Waals surface area contributed by atoms with Crippen LogP contribution in [0.5, 0.6) is 0 Å². The summed E-state index contributed by atoms with van der Waals surface area (Å²) >= 11 is 0. The van der Waals surface area contributed by atoms with Crippen LogP contribution in [0.3, 0.4) is 0 Å². The molecule has 1 aliphatic carbocycles. The van der Waals surface area contributed by atoms with Crippen molar-refractivity contribution in [2.45, 2.75) is 57.5 Å². The summed E-state index contributed by atoms with van der Waals surface area (Å²) in [6.45, 7) is 3.35. The highest BCUT2D eigenvalue weighted by molar-refractivity contribution is 5.92. The molecule has 2 aliphatic rings. The quantitative estimate of drug-likeness (QED) is 0.917. The molecule has 1 atom stereocenters. The molecule has 4 nitrogen and oxygen atoms in total. The molecule has 1 saturated carbocycles. The number of nitrogens with zero attached hydrogens (tertiary/aromatic N) is 2. The predicted molar refractivity (Wildman–Crippen MR) is 80.0 cm³/mol. The summed E-state index contributed by atoms with van der Waals surface area (Å²) in [4.78, 5) is 18.7. The molecule has 3 rings (SSSR count). The largest absolute Gasteiger partial charge is 0.367 e. The van der Waals surface area contributed by atoms with Gasteiger partial charge >= 0.3 is 0 Å². The van der Waals surface area contributed by atoms with Crippen LogP contribution in [0.1, 0.15) is 55.9 Å². The molecule has 0 spiro atoms. The summed E-state index contributed by atoms with van der Waals surface area (Å²) in [6, 6.07) is 4.91. The number of nitrogens with one attached hydrogen (secondary N) is 1. The Balaban J connectivity index is 1.69. The molecule has 0 aromatic carbocycles. The molecule has 20 heavy (non-hydrogen) atoms. The molecule has 0 bridgehead atoms. The highest BCUT2D eigenvalue weighted by Gasteiger charge is 2.25. The average molecular weight is 273 g/mol. The van der Waals surface area contributed by atoms with Crippen molar-refractivity contribution in [2.24, 2.45) is 0 Å². The second kappa shape index (κ2) is 5.81. The zero-order chi connectivity index (χ0) is 13.9. The summed E-state index contributed by atoms with van der Waals surface area (Å²) in [5, 5.41) is 2.97. The maximum Gasteiger partial charge on any atom is 0.270 e. The molecular formula is C16H23N3O. The standard InChI is InChI=1S/C16H23N3O/c1-2-13-5-3-4-10-19(13)14-8-9-15(17-11-14)16(20)18-12-6-7-12/h8-9,11-13H,2-7,10H2,1H3,(H,18,20). The minimum atomic E-state index is -0.0373. The Morgan fingerprint density at radius 2 is 2.20 bits per heavy atom. The highest BCUT2D eigenvalue weighted by Crippen LogP contribution is 2.26. The van der Waals surface area contributed by atoms with E-state index in [2.05, 4.69) is 22.1 Å². The fourth-order valence-corrected chi connectivity index (χ4v) is 2.94. The van der Waals surface area contributed by atoms with Gasteiger partial charge in [0.15, 0.2) is 0 Å². The third kappa shape index (κ3) is 2.94. The lowest BCUT2D eigenvalue weighted by molar-refractivity contribution is 0.0946. The molecule has 2 fully saturated rings. The Bertz CT molecular complexity index is 467. The van der Waals surface area contributed by atoms with E-state index in [9.17, 15) is 4.79 Å². The number of hydrogen-bond donors (Lipinski definition) is 1. The van der Waals surface area contributed by atoms with Crippen LogP contribution >= 0.6 is 0 Å². The summed E-state index contributed by atoms with van der Waals surface area (Å²) in [6.07, 6.45) is 9.08. The minimum absolute atomic E-state index is 0.0373. The number of rotatable bonds is 4. The number of hydrogen-bond acceptors (Lipinski definition) is 3. The van der Waals surface area contributed by atoms with E-state index in [1.165, 1.54) is 25.7 Å². The van der Waals surface area contributed by atoms with Gasteiger partial charge in [0.25, 0.3) is 5.91 Å². The molecule has 1 N–H and O–H groups in total. The molecule has 1 unspecified atom stereocenters. The average Bonchev–Trinajstić information content (AvgIpc) is 3.31. The number of carbonyl (C=O) groups excluding carboxylic acids is 1. The van der Waals surface area contributed by atoms with E-state index in [1.54, 1.807) is 0 Å². The number of aromatic nitrogens is 1. The summed E-state index contributed by atoms with van der Waals surface area (Å²) in [5.74, 6) is -0.0373. The molecule has 1 aromatic rings. The normalized spacial score (nSPS) is 22.6. The predicted octanol–water partition coefficient (Wildman–Crippen LogP) is 2.74. The highest BCUT2D eigenvalue weighted by atomic mass is 16.2. The van der Waals surface area contributed by atoms with E-state index in [4.69, 9.17) is 0 Å².